The average Bonchev–Trinajstić information content (AvgIpc) is 3.31. The number of anilines is 1. The summed E-state index contributed by atoms with van der Waals surface area (Å²) in [5.41, 5.74) is 2.07. The molecule has 0 saturated heterocycles. The van der Waals surface area contributed by atoms with Crippen LogP contribution in [0.15, 0.2) is 71.3 Å². The fraction of sp³-hybridized carbons (Fsp3) is 0.182. The van der Waals surface area contributed by atoms with Gasteiger partial charge in [0.1, 0.15) is 12.4 Å². The van der Waals surface area contributed by atoms with Crippen LogP contribution in [0.3, 0.4) is 0 Å². The minimum absolute atomic E-state index is 0.201. The van der Waals surface area contributed by atoms with E-state index in [1.54, 1.807) is 54.6 Å². The molecule has 0 aliphatic heterocycles. The topological polar surface area (TPSA) is 92.6 Å². The van der Waals surface area contributed by atoms with Gasteiger partial charge in [0.25, 0.3) is 12.3 Å². The lowest BCUT2D eigenvalue weighted by atomic mass is 10.2. The van der Waals surface area contributed by atoms with E-state index in [2.05, 4.69) is 16.0 Å². The Balaban J connectivity index is 1.45. The Labute approximate surface area is 177 Å². The summed E-state index contributed by atoms with van der Waals surface area (Å²) in [5.74, 6) is 0.146. The van der Waals surface area contributed by atoms with Crippen molar-refractivity contribution in [3.05, 3.63) is 83.8 Å². The lowest BCUT2D eigenvalue weighted by Crippen LogP contribution is -2.34. The maximum atomic E-state index is 12.2. The van der Waals surface area contributed by atoms with Crippen LogP contribution in [0.25, 0.3) is 0 Å². The van der Waals surface area contributed by atoms with Gasteiger partial charge in [0.05, 0.1) is 6.26 Å². The van der Waals surface area contributed by atoms with Crippen LogP contribution >= 0.6 is 0 Å². The molecule has 0 atom stereocenters. The molecule has 3 N–H and O–H groups in total. The number of rotatable bonds is 9. The van der Waals surface area contributed by atoms with Gasteiger partial charge in [0, 0.05) is 18.8 Å². The number of urea groups is 1. The highest BCUT2D eigenvalue weighted by atomic mass is 19.3. The van der Waals surface area contributed by atoms with Crippen LogP contribution in [0.5, 0.6) is 5.75 Å². The van der Waals surface area contributed by atoms with Crippen LogP contribution in [-0.4, -0.2) is 25.0 Å². The molecule has 0 fully saturated rings. The Morgan fingerprint density at radius 2 is 1.65 bits per heavy atom. The van der Waals surface area contributed by atoms with E-state index in [0.29, 0.717) is 17.0 Å². The second-order valence-electron chi connectivity index (χ2n) is 6.52. The first-order chi connectivity index (χ1) is 15.0. The summed E-state index contributed by atoms with van der Waals surface area (Å²) in [5, 5.41) is 8.13. The molecule has 0 saturated carbocycles. The highest BCUT2D eigenvalue weighted by molar-refractivity contribution is 6.02. The number of halogens is 2. The molecular weight excluding hydrogens is 408 g/mol. The second-order valence-corrected chi connectivity index (χ2v) is 6.52. The molecule has 2 aromatic carbocycles. The van der Waals surface area contributed by atoms with E-state index in [1.807, 2.05) is 6.07 Å². The van der Waals surface area contributed by atoms with Crippen molar-refractivity contribution in [1.29, 1.82) is 0 Å². The highest BCUT2D eigenvalue weighted by Gasteiger charge is 2.09. The number of carbonyl (C=O) groups excluding carboxylic acids is 2. The van der Waals surface area contributed by atoms with Gasteiger partial charge in [-0.2, -0.15) is 0 Å². The Morgan fingerprint density at radius 1 is 0.935 bits per heavy atom. The van der Waals surface area contributed by atoms with Crippen molar-refractivity contribution < 1.29 is 27.5 Å². The van der Waals surface area contributed by atoms with Crippen molar-refractivity contribution in [2.45, 2.75) is 19.5 Å². The number of hydrogen-bond acceptors (Lipinski definition) is 4. The third kappa shape index (κ3) is 7.14. The first-order valence-corrected chi connectivity index (χ1v) is 9.45. The molecule has 0 aliphatic carbocycles. The van der Waals surface area contributed by atoms with E-state index >= 15 is 0 Å². The zero-order valence-corrected chi connectivity index (χ0v) is 16.4. The van der Waals surface area contributed by atoms with E-state index < -0.39 is 19.1 Å². The van der Waals surface area contributed by atoms with Gasteiger partial charge in [0.15, 0.2) is 5.76 Å². The van der Waals surface area contributed by atoms with Gasteiger partial charge in [-0.05, 0) is 47.5 Å². The van der Waals surface area contributed by atoms with Gasteiger partial charge in [-0.1, -0.05) is 24.3 Å². The van der Waals surface area contributed by atoms with Gasteiger partial charge < -0.3 is 25.1 Å². The molecule has 31 heavy (non-hydrogen) atoms. The number of hydrogen-bond donors (Lipinski definition) is 3. The summed E-state index contributed by atoms with van der Waals surface area (Å²) < 4.78 is 34.5. The van der Waals surface area contributed by atoms with E-state index in [9.17, 15) is 18.4 Å². The van der Waals surface area contributed by atoms with Crippen molar-refractivity contribution in [3.63, 3.8) is 0 Å². The van der Waals surface area contributed by atoms with Crippen molar-refractivity contribution in [2.75, 3.05) is 11.9 Å². The fourth-order valence-electron chi connectivity index (χ4n) is 2.69. The van der Waals surface area contributed by atoms with Crippen LogP contribution in [-0.2, 0) is 13.1 Å². The molecule has 162 valence electrons. The lowest BCUT2D eigenvalue weighted by Gasteiger charge is -2.10. The van der Waals surface area contributed by atoms with Crippen molar-refractivity contribution >= 4 is 17.6 Å². The normalized spacial score (nSPS) is 10.5. The van der Waals surface area contributed by atoms with E-state index in [0.717, 1.165) is 5.56 Å². The largest absolute Gasteiger partial charge is 0.488 e. The van der Waals surface area contributed by atoms with E-state index in [-0.39, 0.29) is 24.8 Å². The predicted molar refractivity (Wildman–Crippen MR) is 110 cm³/mol. The quantitative estimate of drug-likeness (QED) is 0.476. The SMILES string of the molecule is O=C(NCc1cccc(NC(=O)c2ccco2)c1)NCc1cccc(OCC(F)F)c1. The van der Waals surface area contributed by atoms with Crippen LogP contribution < -0.4 is 20.7 Å². The van der Waals surface area contributed by atoms with E-state index in [4.69, 9.17) is 9.15 Å². The predicted octanol–water partition coefficient (Wildman–Crippen LogP) is 4.18. The maximum Gasteiger partial charge on any atom is 0.315 e. The average molecular weight is 429 g/mol. The molecule has 0 aliphatic rings. The van der Waals surface area contributed by atoms with Gasteiger partial charge in [-0.3, -0.25) is 4.79 Å². The molecule has 0 spiro atoms. The molecule has 3 rings (SSSR count). The minimum atomic E-state index is -2.55. The fourth-order valence-corrected chi connectivity index (χ4v) is 2.69. The Kier molecular flexibility index (Phi) is 7.58. The first kappa shape index (κ1) is 21.8. The molecule has 1 aromatic heterocycles. The second kappa shape index (κ2) is 10.8. The van der Waals surface area contributed by atoms with E-state index in [1.165, 1.54) is 6.26 Å². The number of benzene rings is 2. The number of furan rings is 1. The summed E-state index contributed by atoms with van der Waals surface area (Å²) in [6, 6.07) is 16.4. The highest BCUT2D eigenvalue weighted by Crippen LogP contribution is 2.15. The zero-order valence-electron chi connectivity index (χ0n) is 16.4. The molecule has 7 nitrogen and oxygen atoms in total. The Bertz CT molecular complexity index is 1010. The Hall–Kier alpha value is -3.88. The minimum Gasteiger partial charge on any atom is -0.488 e. The summed E-state index contributed by atoms with van der Waals surface area (Å²) in [4.78, 5) is 24.1. The summed E-state index contributed by atoms with van der Waals surface area (Å²) in [6.45, 7) is -0.233. The van der Waals surface area contributed by atoms with Crippen LogP contribution in [0.2, 0.25) is 0 Å². The summed E-state index contributed by atoms with van der Waals surface area (Å²) in [7, 11) is 0. The molecule has 9 heteroatoms. The van der Waals surface area contributed by atoms with Crippen LogP contribution in [0, 0.1) is 0 Å². The number of nitrogens with one attached hydrogen (secondary N) is 3. The molecule has 3 aromatic rings. The maximum absolute atomic E-state index is 12.2. The van der Waals surface area contributed by atoms with Crippen molar-refractivity contribution in [2.24, 2.45) is 0 Å². The third-order valence-electron chi connectivity index (χ3n) is 4.11. The summed E-state index contributed by atoms with van der Waals surface area (Å²) in [6.07, 6.45) is -1.13. The molecule has 0 radical (unpaired) electrons. The third-order valence-corrected chi connectivity index (χ3v) is 4.11. The molecule has 0 bridgehead atoms. The number of ether oxygens (including phenoxy) is 1. The van der Waals surface area contributed by atoms with Gasteiger partial charge in [-0.15, -0.1) is 0 Å². The molecule has 3 amide bonds. The van der Waals surface area contributed by atoms with Crippen LogP contribution in [0.1, 0.15) is 21.7 Å². The number of alkyl halides is 2. The van der Waals surface area contributed by atoms with Crippen LogP contribution in [0.4, 0.5) is 19.3 Å². The lowest BCUT2D eigenvalue weighted by molar-refractivity contribution is 0.0818. The molecule has 1 heterocycles. The van der Waals surface area contributed by atoms with Gasteiger partial charge in [-0.25, -0.2) is 13.6 Å². The van der Waals surface area contributed by atoms with Crippen molar-refractivity contribution in [3.8, 4) is 5.75 Å². The monoisotopic (exact) mass is 429 g/mol. The zero-order chi connectivity index (χ0) is 22.1. The first-order valence-electron chi connectivity index (χ1n) is 9.45. The van der Waals surface area contributed by atoms with Gasteiger partial charge in [0.2, 0.25) is 0 Å². The molecule has 0 unspecified atom stereocenters. The summed E-state index contributed by atoms with van der Waals surface area (Å²) >= 11 is 0. The van der Waals surface area contributed by atoms with Gasteiger partial charge >= 0.3 is 6.03 Å². The number of amides is 3. The number of carbonyl (C=O) groups is 2. The smallest absolute Gasteiger partial charge is 0.315 e. The molecular formula is C22H21F2N3O4. The van der Waals surface area contributed by atoms with Crippen molar-refractivity contribution in [1.82, 2.24) is 10.6 Å². The Morgan fingerprint density at radius 3 is 2.32 bits per heavy atom. The standard InChI is InChI=1S/C22H21F2N3O4/c23-20(24)14-31-18-7-2-5-16(11-18)13-26-22(29)25-12-15-4-1-6-17(10-15)27-21(28)19-8-3-9-30-19/h1-11,20H,12-14H2,(H,27,28)(H2,25,26,29).